The molecule has 0 atom stereocenters. The molecule has 1 aromatic heterocycles. The molecule has 2 rings (SSSR count). The summed E-state index contributed by atoms with van der Waals surface area (Å²) in [7, 11) is 0. The summed E-state index contributed by atoms with van der Waals surface area (Å²) in [4.78, 5) is 0. The maximum Gasteiger partial charge on any atom is 0.218 e. The van der Waals surface area contributed by atoms with E-state index in [1.807, 2.05) is 6.07 Å². The number of nitriles is 1. The van der Waals surface area contributed by atoms with Crippen molar-refractivity contribution in [1.82, 2.24) is 10.2 Å². The fourth-order valence-corrected chi connectivity index (χ4v) is 1.68. The molecule has 5 heteroatoms. The van der Waals surface area contributed by atoms with Crippen LogP contribution >= 0.6 is 11.3 Å². The van der Waals surface area contributed by atoms with Crippen LogP contribution in [-0.4, -0.2) is 10.2 Å². The molecule has 0 fully saturated rings. The molecule has 0 aliphatic carbocycles. The van der Waals surface area contributed by atoms with Gasteiger partial charge in [0, 0.05) is 5.56 Å². The highest BCUT2D eigenvalue weighted by atomic mass is 32.1. The number of nitrogens with zero attached hydrogens (tertiary/aromatic N) is 3. The minimum atomic E-state index is -0.354. The average molecular weight is 205 g/mol. The molecule has 14 heavy (non-hydrogen) atoms. The fourth-order valence-electron chi connectivity index (χ4n) is 1.01. The second-order valence-corrected chi connectivity index (χ2v) is 3.48. The molecule has 0 aliphatic rings. The van der Waals surface area contributed by atoms with Crippen LogP contribution in [0.1, 0.15) is 5.01 Å². The number of aromatic nitrogens is 2. The summed E-state index contributed by atoms with van der Waals surface area (Å²) in [6, 6.07) is 8.13. The molecule has 0 radical (unpaired) electrons. The SMILES string of the molecule is N#Cc1nnc(-c2ccccc2F)s1. The lowest BCUT2D eigenvalue weighted by Gasteiger charge is -1.94. The molecule has 3 nitrogen and oxygen atoms in total. The number of rotatable bonds is 1. The Kier molecular flexibility index (Phi) is 2.21. The molecule has 0 saturated heterocycles. The van der Waals surface area contributed by atoms with Crippen molar-refractivity contribution in [2.75, 3.05) is 0 Å². The van der Waals surface area contributed by atoms with Crippen LogP contribution in [0.3, 0.4) is 0 Å². The lowest BCUT2D eigenvalue weighted by Crippen LogP contribution is -1.81. The monoisotopic (exact) mass is 205 g/mol. The number of halogens is 1. The van der Waals surface area contributed by atoms with E-state index in [2.05, 4.69) is 10.2 Å². The Hall–Kier alpha value is -1.80. The predicted molar refractivity (Wildman–Crippen MR) is 50.0 cm³/mol. The van der Waals surface area contributed by atoms with Gasteiger partial charge < -0.3 is 0 Å². The highest BCUT2D eigenvalue weighted by Gasteiger charge is 2.09. The predicted octanol–water partition coefficient (Wildman–Crippen LogP) is 2.22. The van der Waals surface area contributed by atoms with Gasteiger partial charge in [-0.1, -0.05) is 23.5 Å². The van der Waals surface area contributed by atoms with Gasteiger partial charge in [-0.05, 0) is 12.1 Å². The van der Waals surface area contributed by atoms with Gasteiger partial charge in [-0.15, -0.1) is 10.2 Å². The van der Waals surface area contributed by atoms with Crippen LogP contribution in [0.25, 0.3) is 10.6 Å². The summed E-state index contributed by atoms with van der Waals surface area (Å²) in [6.45, 7) is 0. The van der Waals surface area contributed by atoms with E-state index >= 15 is 0 Å². The van der Waals surface area contributed by atoms with Gasteiger partial charge >= 0.3 is 0 Å². The lowest BCUT2D eigenvalue weighted by molar-refractivity contribution is 0.631. The van der Waals surface area contributed by atoms with Crippen molar-refractivity contribution < 1.29 is 4.39 Å². The summed E-state index contributed by atoms with van der Waals surface area (Å²) in [5.41, 5.74) is 0.381. The molecule has 0 unspecified atom stereocenters. The van der Waals surface area contributed by atoms with E-state index < -0.39 is 0 Å². The van der Waals surface area contributed by atoms with Gasteiger partial charge in [0.05, 0.1) is 0 Å². The highest BCUT2D eigenvalue weighted by molar-refractivity contribution is 7.15. The highest BCUT2D eigenvalue weighted by Crippen LogP contribution is 2.25. The van der Waals surface area contributed by atoms with Gasteiger partial charge in [0.25, 0.3) is 0 Å². The normalized spacial score (nSPS) is 9.71. The minimum absolute atomic E-state index is 0.239. The Bertz CT molecular complexity index is 501. The molecular weight excluding hydrogens is 201 g/mol. The van der Waals surface area contributed by atoms with E-state index in [0.29, 0.717) is 10.6 Å². The summed E-state index contributed by atoms with van der Waals surface area (Å²) < 4.78 is 13.2. The topological polar surface area (TPSA) is 49.6 Å². The van der Waals surface area contributed by atoms with Crippen LogP contribution in [0.5, 0.6) is 0 Å². The van der Waals surface area contributed by atoms with E-state index in [1.165, 1.54) is 6.07 Å². The van der Waals surface area contributed by atoms with Crippen LogP contribution in [0.4, 0.5) is 4.39 Å². The van der Waals surface area contributed by atoms with Crippen LogP contribution in [0, 0.1) is 17.1 Å². The van der Waals surface area contributed by atoms with Crippen molar-refractivity contribution in [3.8, 4) is 16.6 Å². The molecule has 1 aromatic carbocycles. The largest absolute Gasteiger partial charge is 0.218 e. The van der Waals surface area contributed by atoms with Crippen LogP contribution in [0.2, 0.25) is 0 Å². The Balaban J connectivity index is 2.51. The third-order valence-corrected chi connectivity index (χ3v) is 2.49. The smallest absolute Gasteiger partial charge is 0.206 e. The number of benzene rings is 1. The zero-order chi connectivity index (χ0) is 9.97. The van der Waals surface area contributed by atoms with Crippen LogP contribution < -0.4 is 0 Å². The van der Waals surface area contributed by atoms with Crippen LogP contribution in [0.15, 0.2) is 24.3 Å². The van der Waals surface area contributed by atoms with Crippen molar-refractivity contribution in [3.05, 3.63) is 35.1 Å². The van der Waals surface area contributed by atoms with E-state index in [1.54, 1.807) is 18.2 Å². The Morgan fingerprint density at radius 2 is 2.07 bits per heavy atom. The molecule has 68 valence electrons. The summed E-state index contributed by atoms with van der Waals surface area (Å²) in [5.74, 6) is -0.354. The molecule has 0 bridgehead atoms. The van der Waals surface area contributed by atoms with Crippen molar-refractivity contribution in [2.45, 2.75) is 0 Å². The van der Waals surface area contributed by atoms with Gasteiger partial charge in [-0.3, -0.25) is 0 Å². The van der Waals surface area contributed by atoms with E-state index in [-0.39, 0.29) is 10.8 Å². The molecule has 1 heterocycles. The van der Waals surface area contributed by atoms with Gasteiger partial charge in [0.2, 0.25) is 5.01 Å². The number of hydrogen-bond donors (Lipinski definition) is 0. The first-order valence-corrected chi connectivity index (χ1v) is 4.61. The van der Waals surface area contributed by atoms with Gasteiger partial charge in [0.1, 0.15) is 11.9 Å². The number of hydrogen-bond acceptors (Lipinski definition) is 4. The average Bonchev–Trinajstić information content (AvgIpc) is 2.67. The molecule has 0 spiro atoms. The van der Waals surface area contributed by atoms with Gasteiger partial charge in [-0.25, -0.2) is 4.39 Å². The first-order chi connectivity index (χ1) is 6.81. The maximum atomic E-state index is 13.2. The van der Waals surface area contributed by atoms with Crippen LogP contribution in [-0.2, 0) is 0 Å². The van der Waals surface area contributed by atoms with E-state index in [4.69, 9.17) is 5.26 Å². The molecule has 0 N–H and O–H groups in total. The fraction of sp³-hybridized carbons (Fsp3) is 0. The Morgan fingerprint density at radius 3 is 2.71 bits per heavy atom. The first-order valence-electron chi connectivity index (χ1n) is 3.80. The Morgan fingerprint density at radius 1 is 1.29 bits per heavy atom. The molecule has 0 aliphatic heterocycles. The van der Waals surface area contributed by atoms with E-state index in [9.17, 15) is 4.39 Å². The standard InChI is InChI=1S/C9H4FN3S/c10-7-4-2-1-3-6(7)9-13-12-8(5-11)14-9/h1-4H. The maximum absolute atomic E-state index is 13.2. The van der Waals surface area contributed by atoms with E-state index in [0.717, 1.165) is 11.3 Å². The third-order valence-electron chi connectivity index (χ3n) is 1.62. The third kappa shape index (κ3) is 1.47. The first kappa shape index (κ1) is 8.78. The molecule has 0 saturated carbocycles. The Labute approximate surface area is 83.5 Å². The van der Waals surface area contributed by atoms with Crippen molar-refractivity contribution in [2.24, 2.45) is 0 Å². The molecule has 0 amide bonds. The van der Waals surface area contributed by atoms with Crippen molar-refractivity contribution in [1.29, 1.82) is 5.26 Å². The quantitative estimate of drug-likeness (QED) is 0.717. The second kappa shape index (κ2) is 3.52. The summed E-state index contributed by atoms with van der Waals surface area (Å²) in [6.07, 6.45) is 0. The zero-order valence-corrected chi connectivity index (χ0v) is 7.75. The molecule has 2 aromatic rings. The lowest BCUT2D eigenvalue weighted by atomic mass is 10.2. The molecular formula is C9H4FN3S. The van der Waals surface area contributed by atoms with Gasteiger partial charge in [-0.2, -0.15) is 5.26 Å². The summed E-state index contributed by atoms with van der Waals surface area (Å²) in [5, 5.41) is 16.5. The summed E-state index contributed by atoms with van der Waals surface area (Å²) >= 11 is 1.08. The second-order valence-electron chi connectivity index (χ2n) is 2.50. The van der Waals surface area contributed by atoms with Crippen molar-refractivity contribution >= 4 is 11.3 Å². The van der Waals surface area contributed by atoms with Gasteiger partial charge in [0.15, 0.2) is 5.01 Å². The zero-order valence-electron chi connectivity index (χ0n) is 6.94. The minimum Gasteiger partial charge on any atom is -0.206 e. The van der Waals surface area contributed by atoms with Crippen molar-refractivity contribution in [3.63, 3.8) is 0 Å².